The van der Waals surface area contributed by atoms with Crippen LogP contribution in [-0.4, -0.2) is 158 Å². The highest BCUT2D eigenvalue weighted by Gasteiger charge is 2.53. The van der Waals surface area contributed by atoms with Crippen LogP contribution < -0.4 is 0 Å². The normalized spacial score (nSPS) is 35.6. The molecule has 1 amide bonds. The minimum absolute atomic E-state index is 0.000431. The smallest absolute Gasteiger partial charge is 0.329 e. The van der Waals surface area contributed by atoms with Crippen LogP contribution in [0.4, 0.5) is 0 Å². The number of allylic oxidation sites excluding steroid dienone is 6. The maximum absolute atomic E-state index is 14.5. The average Bonchev–Trinajstić information content (AvgIpc) is 3.35. The molecule has 3 heterocycles. The summed E-state index contributed by atoms with van der Waals surface area (Å²) in [5, 5.41) is 33.0. The Balaban J connectivity index is 1.71. The third-order valence-electron chi connectivity index (χ3n) is 15.2. The highest BCUT2D eigenvalue weighted by atomic mass is 16.6. The molecule has 1 aliphatic carbocycles. The summed E-state index contributed by atoms with van der Waals surface area (Å²) in [6, 6.07) is -1.16. The van der Waals surface area contributed by atoms with E-state index in [0.29, 0.717) is 63.5 Å². The zero-order valence-electron chi connectivity index (χ0n) is 44.3. The number of ketones is 3. The number of carbonyl (C=O) groups excluding carboxylic acids is 5. The Labute approximate surface area is 422 Å². The van der Waals surface area contributed by atoms with E-state index in [-0.39, 0.29) is 87.2 Å². The van der Waals surface area contributed by atoms with Gasteiger partial charge in [-0.2, -0.15) is 0 Å². The maximum Gasteiger partial charge on any atom is 0.329 e. The number of carbonyl (C=O) groups is 5. The monoisotopic (exact) mass is 1000 g/mol. The van der Waals surface area contributed by atoms with Crippen LogP contribution in [-0.2, 0) is 57.1 Å². The largest absolute Gasteiger partial charge is 0.460 e. The number of Topliss-reactive ketones (excluding diaryl/α,β-unsaturated/α-hetero) is 3. The summed E-state index contributed by atoms with van der Waals surface area (Å²) in [5.74, 6) is -8.10. The van der Waals surface area contributed by atoms with Gasteiger partial charge in [0.1, 0.15) is 30.1 Å². The average molecular weight is 1000 g/mol. The second kappa shape index (κ2) is 29.4. The molecule has 0 aromatic rings. The van der Waals surface area contributed by atoms with Gasteiger partial charge in [0.2, 0.25) is 5.79 Å². The third-order valence-corrected chi connectivity index (χ3v) is 15.2. The SMILES string of the molecule is COCCO[C@H]1C[C@@H]2CC[C@@H](C)[C@@](O)(O2)C(=O)C(=O)N2CCCC[C@H]2C(=O)O[C@H]([C@H](C)C[C@@H]2CC[C@@H](OCCO)[C@H](OC)C2)CC(=O)[C@H](C)C=C(C)[C@@H](O)[C@@H](OC)C(=O)[C@H](C)C[C@H](C)C=CC=CC=C1C. The van der Waals surface area contributed by atoms with Gasteiger partial charge in [-0.05, 0) is 107 Å². The standard InChI is InChI=1S/C55H87NO15/c1-34-16-12-11-13-17-35(2)46(69-27-26-65-8)32-42-21-19-40(7)55(64,71-42)52(61)53(62)56-23-15-14-18-43(56)54(63)70-47(37(4)30-41-20-22-45(68-25-24-57)48(31-41)66-9)33-44(58)36(3)29-39(6)50(60)51(67-10)49(59)38(5)28-34/h11-13,16-17,29,34,36-38,40-43,45-48,50-51,57,60,64H,14-15,18-28,30-33H2,1-10H3/t34-,36-,37-,38-,40-,41+,42+,43+,45-,46+,47+,48-,50-,51+,55-/m1/s1. The van der Waals surface area contributed by atoms with Crippen LogP contribution in [0.3, 0.4) is 0 Å². The number of ether oxygens (including phenoxy) is 7. The van der Waals surface area contributed by atoms with Crippen LogP contribution >= 0.6 is 0 Å². The van der Waals surface area contributed by atoms with Crippen LogP contribution in [0.15, 0.2) is 47.6 Å². The van der Waals surface area contributed by atoms with Crippen molar-refractivity contribution in [3.05, 3.63) is 47.6 Å². The molecule has 15 atom stereocenters. The van der Waals surface area contributed by atoms with Gasteiger partial charge in [-0.3, -0.25) is 19.2 Å². The molecule has 2 saturated heterocycles. The lowest BCUT2D eigenvalue weighted by molar-refractivity contribution is -0.266. The highest BCUT2D eigenvalue weighted by Crippen LogP contribution is 2.38. The lowest BCUT2D eigenvalue weighted by Crippen LogP contribution is -2.61. The van der Waals surface area contributed by atoms with E-state index < -0.39 is 77.8 Å². The lowest BCUT2D eigenvalue weighted by Gasteiger charge is -2.43. The van der Waals surface area contributed by atoms with Gasteiger partial charge in [0.25, 0.3) is 11.7 Å². The number of aliphatic hydroxyl groups excluding tert-OH is 2. The molecule has 0 aromatic heterocycles. The minimum atomic E-state index is -2.46. The highest BCUT2D eigenvalue weighted by molar-refractivity contribution is 6.39. The summed E-state index contributed by atoms with van der Waals surface area (Å²) < 4.78 is 41.3. The first kappa shape index (κ1) is 60.1. The third kappa shape index (κ3) is 17.0. The lowest BCUT2D eigenvalue weighted by atomic mass is 9.78. The van der Waals surface area contributed by atoms with Gasteiger partial charge in [0, 0.05) is 58.5 Å². The van der Waals surface area contributed by atoms with Gasteiger partial charge < -0.3 is 53.4 Å². The van der Waals surface area contributed by atoms with Gasteiger partial charge in [-0.1, -0.05) is 71.1 Å². The number of esters is 1. The van der Waals surface area contributed by atoms with Crippen molar-refractivity contribution in [3.63, 3.8) is 0 Å². The van der Waals surface area contributed by atoms with Crippen LogP contribution in [0.25, 0.3) is 0 Å². The fraction of sp³-hybridized carbons (Fsp3) is 0.764. The van der Waals surface area contributed by atoms with E-state index in [9.17, 15) is 39.3 Å². The number of nitrogens with zero attached hydrogens (tertiary/aromatic N) is 1. The van der Waals surface area contributed by atoms with E-state index >= 15 is 0 Å². The van der Waals surface area contributed by atoms with E-state index in [0.717, 1.165) is 12.0 Å². The summed E-state index contributed by atoms with van der Waals surface area (Å²) >= 11 is 0. The van der Waals surface area contributed by atoms with Crippen LogP contribution in [0.5, 0.6) is 0 Å². The topological polar surface area (TPSA) is 214 Å². The second-order valence-corrected chi connectivity index (χ2v) is 20.8. The Morgan fingerprint density at radius 2 is 1.58 bits per heavy atom. The molecule has 0 spiro atoms. The Hall–Kier alpha value is -3.45. The van der Waals surface area contributed by atoms with E-state index in [1.165, 1.54) is 12.0 Å². The molecule has 71 heavy (non-hydrogen) atoms. The summed E-state index contributed by atoms with van der Waals surface area (Å²) in [5.41, 5.74) is 1.24. The Morgan fingerprint density at radius 3 is 2.27 bits per heavy atom. The first-order valence-electron chi connectivity index (χ1n) is 26.1. The molecular formula is C55H87NO15. The molecule has 3 aliphatic heterocycles. The van der Waals surface area contributed by atoms with Gasteiger partial charge in [0.05, 0.1) is 50.8 Å². The Morgan fingerprint density at radius 1 is 0.831 bits per heavy atom. The molecule has 2 bridgehead atoms. The zero-order chi connectivity index (χ0) is 52.4. The van der Waals surface area contributed by atoms with E-state index in [1.807, 2.05) is 58.1 Å². The first-order chi connectivity index (χ1) is 33.8. The molecule has 402 valence electrons. The predicted molar refractivity (Wildman–Crippen MR) is 267 cm³/mol. The number of methoxy groups -OCH3 is 3. The van der Waals surface area contributed by atoms with Crippen molar-refractivity contribution in [1.29, 1.82) is 0 Å². The molecule has 0 radical (unpaired) electrons. The van der Waals surface area contributed by atoms with Gasteiger partial charge in [-0.15, -0.1) is 0 Å². The van der Waals surface area contributed by atoms with Crippen molar-refractivity contribution in [2.45, 2.75) is 180 Å². The van der Waals surface area contributed by atoms with E-state index in [4.69, 9.17) is 33.2 Å². The molecular weight excluding hydrogens is 915 g/mol. The number of piperidine rings is 1. The fourth-order valence-corrected chi connectivity index (χ4v) is 10.7. The minimum Gasteiger partial charge on any atom is -0.460 e. The first-order valence-corrected chi connectivity index (χ1v) is 26.1. The number of rotatable bonds is 12. The van der Waals surface area contributed by atoms with Gasteiger partial charge in [-0.25, -0.2) is 4.79 Å². The molecule has 0 unspecified atom stereocenters. The van der Waals surface area contributed by atoms with Crippen molar-refractivity contribution in [3.8, 4) is 0 Å². The Kier molecular flexibility index (Phi) is 24.9. The number of aliphatic hydroxyl groups is 3. The molecule has 4 aliphatic rings. The molecule has 3 fully saturated rings. The number of cyclic esters (lactones) is 1. The summed E-state index contributed by atoms with van der Waals surface area (Å²) in [6.45, 7) is 13.5. The predicted octanol–water partition coefficient (Wildman–Crippen LogP) is 6.21. The number of amides is 1. The van der Waals surface area contributed by atoms with E-state index in [1.54, 1.807) is 41.1 Å². The number of hydrogen-bond acceptors (Lipinski definition) is 15. The quantitative estimate of drug-likeness (QED) is 0.0858. The fourth-order valence-electron chi connectivity index (χ4n) is 10.7. The molecule has 0 aromatic carbocycles. The second-order valence-electron chi connectivity index (χ2n) is 20.8. The number of hydrogen-bond donors (Lipinski definition) is 3. The van der Waals surface area contributed by atoms with Crippen molar-refractivity contribution in [1.82, 2.24) is 4.90 Å². The Bertz CT molecular complexity index is 1860. The van der Waals surface area contributed by atoms with Crippen molar-refractivity contribution in [2.75, 3.05) is 54.3 Å². The van der Waals surface area contributed by atoms with Crippen LogP contribution in [0.1, 0.15) is 126 Å². The summed E-state index contributed by atoms with van der Waals surface area (Å²) in [6.07, 6.45) is 11.7. The van der Waals surface area contributed by atoms with Gasteiger partial charge >= 0.3 is 5.97 Å². The molecule has 3 N–H and O–H groups in total. The van der Waals surface area contributed by atoms with Crippen molar-refractivity contribution < 1.29 is 72.5 Å². The number of fused-ring (bicyclic) bond motifs is 3. The van der Waals surface area contributed by atoms with Crippen molar-refractivity contribution in [2.24, 2.45) is 35.5 Å². The van der Waals surface area contributed by atoms with Crippen LogP contribution in [0.2, 0.25) is 0 Å². The maximum atomic E-state index is 14.5. The summed E-state index contributed by atoms with van der Waals surface area (Å²) in [7, 11) is 4.58. The molecule has 1 saturated carbocycles. The van der Waals surface area contributed by atoms with E-state index in [2.05, 4.69) is 0 Å². The van der Waals surface area contributed by atoms with Crippen molar-refractivity contribution >= 4 is 29.2 Å². The molecule has 16 nitrogen and oxygen atoms in total. The molecule has 4 rings (SSSR count). The zero-order valence-corrected chi connectivity index (χ0v) is 44.3. The van der Waals surface area contributed by atoms with Crippen LogP contribution in [0, 0.1) is 35.5 Å². The molecule has 16 heteroatoms. The summed E-state index contributed by atoms with van der Waals surface area (Å²) in [4.78, 5) is 72.5. The van der Waals surface area contributed by atoms with Gasteiger partial charge in [0.15, 0.2) is 5.78 Å².